The first-order valence-electron chi connectivity index (χ1n) is 8.77. The van der Waals surface area contributed by atoms with Crippen molar-refractivity contribution in [2.45, 2.75) is 25.8 Å². The van der Waals surface area contributed by atoms with Gasteiger partial charge in [0.05, 0.1) is 21.3 Å². The van der Waals surface area contributed by atoms with E-state index in [1.54, 1.807) is 21.3 Å². The van der Waals surface area contributed by atoms with E-state index in [4.69, 9.17) is 14.2 Å². The number of para-hydroxylation sites is 1. The van der Waals surface area contributed by atoms with E-state index in [0.717, 1.165) is 16.9 Å². The van der Waals surface area contributed by atoms with E-state index in [9.17, 15) is 4.79 Å². The molecule has 27 heavy (non-hydrogen) atoms. The average Bonchev–Trinajstić information content (AvgIpc) is 2.70. The van der Waals surface area contributed by atoms with Crippen LogP contribution in [0.25, 0.3) is 0 Å². The van der Waals surface area contributed by atoms with Crippen LogP contribution in [0.5, 0.6) is 17.2 Å². The minimum atomic E-state index is -0.276. The highest BCUT2D eigenvalue weighted by molar-refractivity contribution is 5.74. The number of ether oxygens (including phenoxy) is 3. The lowest BCUT2D eigenvalue weighted by Gasteiger charge is -2.26. The monoisotopic (exact) mass is 372 g/mol. The molecule has 0 fully saturated rings. The minimum Gasteiger partial charge on any atom is -0.496 e. The third-order valence-corrected chi connectivity index (χ3v) is 4.49. The largest absolute Gasteiger partial charge is 0.496 e. The van der Waals surface area contributed by atoms with Gasteiger partial charge in [-0.25, -0.2) is 4.79 Å². The maximum atomic E-state index is 12.2. The van der Waals surface area contributed by atoms with Crippen LogP contribution in [0, 0.1) is 0 Å². The van der Waals surface area contributed by atoms with Crippen molar-refractivity contribution in [2.75, 3.05) is 27.9 Å². The Bertz CT molecular complexity index is 775. The molecule has 2 aromatic carbocycles. The van der Waals surface area contributed by atoms with E-state index in [1.165, 1.54) is 0 Å². The Morgan fingerprint density at radius 1 is 0.889 bits per heavy atom. The molecule has 0 aliphatic rings. The van der Waals surface area contributed by atoms with Gasteiger partial charge in [-0.3, -0.25) is 0 Å². The van der Waals surface area contributed by atoms with Gasteiger partial charge in [-0.05, 0) is 23.8 Å². The maximum absolute atomic E-state index is 12.2. The molecule has 0 spiro atoms. The van der Waals surface area contributed by atoms with E-state index < -0.39 is 0 Å². The fourth-order valence-corrected chi connectivity index (χ4v) is 2.75. The summed E-state index contributed by atoms with van der Waals surface area (Å²) in [6, 6.07) is 13.2. The first kappa shape index (κ1) is 20.4. The highest BCUT2D eigenvalue weighted by Gasteiger charge is 2.23. The molecule has 2 rings (SSSR count). The molecule has 6 nitrogen and oxygen atoms in total. The number of nitrogens with one attached hydrogen (secondary N) is 2. The number of rotatable bonds is 8. The lowest BCUT2D eigenvalue weighted by Crippen LogP contribution is -2.42. The van der Waals surface area contributed by atoms with E-state index in [0.29, 0.717) is 24.6 Å². The van der Waals surface area contributed by atoms with Gasteiger partial charge in [0.15, 0.2) is 11.5 Å². The van der Waals surface area contributed by atoms with Crippen molar-refractivity contribution in [1.29, 1.82) is 0 Å². The van der Waals surface area contributed by atoms with Crippen molar-refractivity contribution >= 4 is 6.03 Å². The quantitative estimate of drug-likeness (QED) is 0.744. The van der Waals surface area contributed by atoms with Gasteiger partial charge in [0.25, 0.3) is 0 Å². The summed E-state index contributed by atoms with van der Waals surface area (Å²) < 4.78 is 15.9. The molecule has 2 aromatic rings. The molecule has 2 amide bonds. The molecule has 0 aromatic heterocycles. The van der Waals surface area contributed by atoms with Crippen LogP contribution >= 0.6 is 0 Å². The first-order chi connectivity index (χ1) is 12.9. The Balaban J connectivity index is 1.95. The predicted octanol–water partition coefficient (Wildman–Crippen LogP) is 3.49. The number of urea groups is 1. The standard InChI is InChI=1S/C21H28N2O4/c1-21(2,16-10-11-18(26-4)19(12-16)27-5)14-23-20(24)22-13-15-8-6-7-9-17(15)25-3/h6-12H,13-14H2,1-5H3,(H2,22,23,24). The van der Waals surface area contributed by atoms with Crippen LogP contribution < -0.4 is 24.8 Å². The summed E-state index contributed by atoms with van der Waals surface area (Å²) in [5, 5.41) is 5.80. The topological polar surface area (TPSA) is 68.8 Å². The molecule has 0 aliphatic heterocycles. The zero-order valence-corrected chi connectivity index (χ0v) is 16.6. The first-order valence-corrected chi connectivity index (χ1v) is 8.77. The van der Waals surface area contributed by atoms with Gasteiger partial charge in [0.2, 0.25) is 0 Å². The van der Waals surface area contributed by atoms with Crippen molar-refractivity contribution in [1.82, 2.24) is 10.6 Å². The Hall–Kier alpha value is -2.89. The van der Waals surface area contributed by atoms with Gasteiger partial charge in [0.1, 0.15) is 5.75 Å². The second-order valence-electron chi connectivity index (χ2n) is 6.80. The van der Waals surface area contributed by atoms with Gasteiger partial charge < -0.3 is 24.8 Å². The molecule has 2 N–H and O–H groups in total. The molecular weight excluding hydrogens is 344 g/mol. The Labute approximate surface area is 160 Å². The SMILES string of the molecule is COc1ccccc1CNC(=O)NCC(C)(C)c1ccc(OC)c(OC)c1. The molecule has 0 bridgehead atoms. The number of carbonyl (C=O) groups excluding carboxylic acids is 1. The number of carbonyl (C=O) groups is 1. The highest BCUT2D eigenvalue weighted by Crippen LogP contribution is 2.32. The molecule has 146 valence electrons. The molecule has 0 atom stereocenters. The van der Waals surface area contributed by atoms with Crippen molar-refractivity contribution < 1.29 is 19.0 Å². The van der Waals surface area contributed by atoms with Crippen LogP contribution in [0.15, 0.2) is 42.5 Å². The van der Waals surface area contributed by atoms with E-state index >= 15 is 0 Å². The smallest absolute Gasteiger partial charge is 0.315 e. The van der Waals surface area contributed by atoms with Gasteiger partial charge in [0, 0.05) is 24.1 Å². The number of benzene rings is 2. The lowest BCUT2D eigenvalue weighted by atomic mass is 9.84. The van der Waals surface area contributed by atoms with Crippen LogP contribution in [0.4, 0.5) is 4.79 Å². The molecule has 0 radical (unpaired) electrons. The molecule has 0 saturated carbocycles. The summed E-state index contributed by atoms with van der Waals surface area (Å²) in [4.78, 5) is 12.2. The Morgan fingerprint density at radius 3 is 2.22 bits per heavy atom. The molecule has 6 heteroatoms. The second kappa shape index (κ2) is 9.16. The van der Waals surface area contributed by atoms with Crippen LogP contribution in [0.3, 0.4) is 0 Å². The van der Waals surface area contributed by atoms with Gasteiger partial charge in [-0.1, -0.05) is 38.1 Å². The maximum Gasteiger partial charge on any atom is 0.315 e. The van der Waals surface area contributed by atoms with Crippen LogP contribution in [-0.4, -0.2) is 33.9 Å². The number of methoxy groups -OCH3 is 3. The van der Waals surface area contributed by atoms with Gasteiger partial charge in [-0.2, -0.15) is 0 Å². The number of hydrogen-bond acceptors (Lipinski definition) is 4. The second-order valence-corrected chi connectivity index (χ2v) is 6.80. The normalized spacial score (nSPS) is 10.9. The fourth-order valence-electron chi connectivity index (χ4n) is 2.75. The molecule has 0 unspecified atom stereocenters. The predicted molar refractivity (Wildman–Crippen MR) is 106 cm³/mol. The van der Waals surface area contributed by atoms with Crippen LogP contribution in [0.2, 0.25) is 0 Å². The summed E-state index contributed by atoms with van der Waals surface area (Å²) in [6.45, 7) is 5.00. The average molecular weight is 372 g/mol. The highest BCUT2D eigenvalue weighted by atomic mass is 16.5. The minimum absolute atomic E-state index is 0.227. The number of amides is 2. The van der Waals surface area contributed by atoms with Crippen molar-refractivity contribution in [3.8, 4) is 17.2 Å². The fraction of sp³-hybridized carbons (Fsp3) is 0.381. The molecule has 0 heterocycles. The zero-order valence-electron chi connectivity index (χ0n) is 16.6. The van der Waals surface area contributed by atoms with Crippen molar-refractivity contribution in [2.24, 2.45) is 0 Å². The van der Waals surface area contributed by atoms with Crippen LogP contribution in [-0.2, 0) is 12.0 Å². The lowest BCUT2D eigenvalue weighted by molar-refractivity contribution is 0.238. The summed E-state index contributed by atoms with van der Waals surface area (Å²) in [7, 11) is 4.83. The van der Waals surface area contributed by atoms with E-state index in [2.05, 4.69) is 24.5 Å². The summed E-state index contributed by atoms with van der Waals surface area (Å²) in [6.07, 6.45) is 0. The Morgan fingerprint density at radius 2 is 1.56 bits per heavy atom. The molecular formula is C21H28N2O4. The Kier molecular flexibility index (Phi) is 6.93. The van der Waals surface area contributed by atoms with Crippen LogP contribution in [0.1, 0.15) is 25.0 Å². The van der Waals surface area contributed by atoms with Crippen molar-refractivity contribution in [3.63, 3.8) is 0 Å². The third kappa shape index (κ3) is 5.29. The van der Waals surface area contributed by atoms with Crippen molar-refractivity contribution in [3.05, 3.63) is 53.6 Å². The third-order valence-electron chi connectivity index (χ3n) is 4.49. The summed E-state index contributed by atoms with van der Waals surface area (Å²) >= 11 is 0. The van der Waals surface area contributed by atoms with E-state index in [1.807, 2.05) is 42.5 Å². The summed E-state index contributed by atoms with van der Waals surface area (Å²) in [5.74, 6) is 2.10. The van der Waals surface area contributed by atoms with Gasteiger partial charge in [-0.15, -0.1) is 0 Å². The molecule has 0 aliphatic carbocycles. The number of hydrogen-bond donors (Lipinski definition) is 2. The van der Waals surface area contributed by atoms with E-state index in [-0.39, 0.29) is 11.4 Å². The molecule has 0 saturated heterocycles. The summed E-state index contributed by atoms with van der Waals surface area (Å²) in [5.41, 5.74) is 1.70. The zero-order chi connectivity index (χ0) is 19.9. The van der Waals surface area contributed by atoms with Gasteiger partial charge >= 0.3 is 6.03 Å².